The highest BCUT2D eigenvalue weighted by Gasteiger charge is 2.43. The quantitative estimate of drug-likeness (QED) is 0.631. The Bertz CT molecular complexity index is 1150. The van der Waals surface area contributed by atoms with E-state index in [0.717, 1.165) is 36.0 Å². The molecule has 2 saturated heterocycles. The van der Waals surface area contributed by atoms with Gasteiger partial charge in [0.05, 0.1) is 11.3 Å². The first-order chi connectivity index (χ1) is 15.4. The van der Waals surface area contributed by atoms with Crippen LogP contribution in [-0.4, -0.2) is 51.9 Å². The lowest BCUT2D eigenvalue weighted by Crippen LogP contribution is -2.34. The Labute approximate surface area is 187 Å². The molecule has 1 amide bonds. The molecule has 0 saturated carbocycles. The van der Waals surface area contributed by atoms with E-state index in [-0.39, 0.29) is 11.5 Å². The first-order valence-electron chi connectivity index (χ1n) is 11.0. The third-order valence-corrected chi connectivity index (χ3v) is 6.44. The predicted octanol–water partition coefficient (Wildman–Crippen LogP) is 3.81. The second-order valence-corrected chi connectivity index (χ2v) is 8.97. The first-order valence-corrected chi connectivity index (χ1v) is 11.0. The Kier molecular flexibility index (Phi) is 5.12. The fourth-order valence-electron chi connectivity index (χ4n) is 4.91. The molecular formula is C25H26FN5O. The fourth-order valence-corrected chi connectivity index (χ4v) is 4.91. The van der Waals surface area contributed by atoms with Crippen LogP contribution in [0.3, 0.4) is 0 Å². The van der Waals surface area contributed by atoms with E-state index in [1.807, 2.05) is 39.0 Å². The number of pyridine rings is 1. The summed E-state index contributed by atoms with van der Waals surface area (Å²) in [4.78, 5) is 31.0. The molecule has 0 aliphatic carbocycles. The number of hydrogen-bond acceptors (Lipinski definition) is 5. The van der Waals surface area contributed by atoms with Gasteiger partial charge in [0.1, 0.15) is 5.82 Å². The monoisotopic (exact) mass is 431 g/mol. The third kappa shape index (κ3) is 3.72. The molecule has 0 N–H and O–H groups in total. The van der Waals surface area contributed by atoms with Gasteiger partial charge in [-0.2, -0.15) is 0 Å². The third-order valence-electron chi connectivity index (χ3n) is 6.44. The molecule has 2 aliphatic rings. The lowest BCUT2D eigenvalue weighted by atomic mass is 10.0. The van der Waals surface area contributed by atoms with E-state index in [1.165, 1.54) is 6.07 Å². The number of carbonyl (C=O) groups excluding carboxylic acids is 1. The van der Waals surface area contributed by atoms with Crippen LogP contribution in [0.1, 0.15) is 27.3 Å². The number of anilines is 1. The van der Waals surface area contributed by atoms with Gasteiger partial charge in [0.2, 0.25) is 5.95 Å². The average Bonchev–Trinajstić information content (AvgIpc) is 3.32. The summed E-state index contributed by atoms with van der Waals surface area (Å²) in [5.74, 6) is 0.657. The SMILES string of the molecule is Cc1ccc(-c2cccc(F)c2C(=O)N2CC3CN(c4nc(C)cc(C)n4)CC3C2)nc1. The van der Waals surface area contributed by atoms with E-state index < -0.39 is 5.82 Å². The van der Waals surface area contributed by atoms with Crippen molar-refractivity contribution in [3.8, 4) is 11.3 Å². The molecule has 2 fully saturated rings. The van der Waals surface area contributed by atoms with Crippen molar-refractivity contribution in [2.45, 2.75) is 20.8 Å². The van der Waals surface area contributed by atoms with Crippen LogP contribution in [0.25, 0.3) is 11.3 Å². The van der Waals surface area contributed by atoms with Crippen LogP contribution in [0.4, 0.5) is 10.3 Å². The van der Waals surface area contributed by atoms with Crippen LogP contribution >= 0.6 is 0 Å². The Balaban J connectivity index is 1.35. The number of rotatable bonds is 3. The largest absolute Gasteiger partial charge is 0.340 e. The van der Waals surface area contributed by atoms with Gasteiger partial charge in [-0.25, -0.2) is 14.4 Å². The highest BCUT2D eigenvalue weighted by atomic mass is 19.1. The first kappa shape index (κ1) is 20.5. The summed E-state index contributed by atoms with van der Waals surface area (Å²) in [6.07, 6.45) is 1.73. The van der Waals surface area contributed by atoms with Gasteiger partial charge in [-0.15, -0.1) is 0 Å². The number of carbonyl (C=O) groups is 1. The maximum Gasteiger partial charge on any atom is 0.257 e. The van der Waals surface area contributed by atoms with E-state index in [1.54, 1.807) is 23.2 Å². The van der Waals surface area contributed by atoms with Gasteiger partial charge >= 0.3 is 0 Å². The minimum absolute atomic E-state index is 0.110. The minimum atomic E-state index is -0.503. The maximum atomic E-state index is 14.9. The molecule has 0 spiro atoms. The number of halogens is 1. The molecule has 1 aromatic carbocycles. The van der Waals surface area contributed by atoms with Crippen molar-refractivity contribution in [1.29, 1.82) is 0 Å². The van der Waals surface area contributed by atoms with Gasteiger partial charge in [0.25, 0.3) is 5.91 Å². The highest BCUT2D eigenvalue weighted by Crippen LogP contribution is 2.35. The molecule has 2 atom stereocenters. The molecule has 0 radical (unpaired) electrons. The highest BCUT2D eigenvalue weighted by molar-refractivity contribution is 6.01. The topological polar surface area (TPSA) is 62.2 Å². The van der Waals surface area contributed by atoms with Gasteiger partial charge in [0.15, 0.2) is 0 Å². The molecule has 2 unspecified atom stereocenters. The molecule has 7 heteroatoms. The van der Waals surface area contributed by atoms with Crippen LogP contribution in [0.5, 0.6) is 0 Å². The van der Waals surface area contributed by atoms with Crippen LogP contribution in [0.15, 0.2) is 42.6 Å². The number of benzene rings is 1. The number of fused-ring (bicyclic) bond motifs is 1. The Hall–Kier alpha value is -3.35. The van der Waals surface area contributed by atoms with E-state index >= 15 is 0 Å². The number of amides is 1. The van der Waals surface area contributed by atoms with Crippen LogP contribution < -0.4 is 4.90 Å². The van der Waals surface area contributed by atoms with Crippen molar-refractivity contribution in [3.63, 3.8) is 0 Å². The normalized spacial score (nSPS) is 20.0. The number of aromatic nitrogens is 3. The zero-order chi connectivity index (χ0) is 22.4. The predicted molar refractivity (Wildman–Crippen MR) is 121 cm³/mol. The second kappa shape index (κ2) is 7.97. The maximum absolute atomic E-state index is 14.9. The molecule has 0 bridgehead atoms. The van der Waals surface area contributed by atoms with Crippen molar-refractivity contribution < 1.29 is 9.18 Å². The van der Waals surface area contributed by atoms with Gasteiger partial charge in [0, 0.05) is 61.2 Å². The minimum Gasteiger partial charge on any atom is -0.340 e. The molecule has 5 rings (SSSR count). The average molecular weight is 432 g/mol. The summed E-state index contributed by atoms with van der Waals surface area (Å²) in [5, 5.41) is 0. The number of nitrogens with zero attached hydrogens (tertiary/aromatic N) is 5. The summed E-state index contributed by atoms with van der Waals surface area (Å²) in [7, 11) is 0. The summed E-state index contributed by atoms with van der Waals surface area (Å²) in [6, 6.07) is 10.5. The van der Waals surface area contributed by atoms with Gasteiger partial charge in [-0.3, -0.25) is 9.78 Å². The van der Waals surface area contributed by atoms with E-state index in [4.69, 9.17) is 0 Å². The number of aryl methyl sites for hydroxylation is 3. The van der Waals surface area contributed by atoms with Crippen molar-refractivity contribution in [1.82, 2.24) is 19.9 Å². The summed E-state index contributed by atoms with van der Waals surface area (Å²) >= 11 is 0. The second-order valence-electron chi connectivity index (χ2n) is 8.97. The fraction of sp³-hybridized carbons (Fsp3) is 0.360. The smallest absolute Gasteiger partial charge is 0.257 e. The van der Waals surface area contributed by atoms with Crippen LogP contribution in [-0.2, 0) is 0 Å². The molecule has 3 aromatic rings. The van der Waals surface area contributed by atoms with Crippen molar-refractivity contribution in [2.24, 2.45) is 11.8 Å². The van der Waals surface area contributed by atoms with Gasteiger partial charge in [-0.05, 0) is 44.5 Å². The molecule has 164 valence electrons. The summed E-state index contributed by atoms with van der Waals surface area (Å²) in [6.45, 7) is 8.74. The van der Waals surface area contributed by atoms with Gasteiger partial charge < -0.3 is 9.80 Å². The van der Waals surface area contributed by atoms with E-state index in [9.17, 15) is 9.18 Å². The molecule has 2 aliphatic heterocycles. The lowest BCUT2D eigenvalue weighted by Gasteiger charge is -2.23. The Morgan fingerprint density at radius 1 is 0.969 bits per heavy atom. The summed E-state index contributed by atoms with van der Waals surface area (Å²) < 4.78 is 14.9. The van der Waals surface area contributed by atoms with Crippen molar-refractivity contribution in [2.75, 3.05) is 31.1 Å². The Morgan fingerprint density at radius 2 is 1.66 bits per heavy atom. The standard InChI is InChI=1S/C25H26FN5O/c1-15-7-8-22(27-10-15)20-5-4-6-21(26)23(20)24(32)30-11-18-13-31(14-19(18)12-30)25-28-16(2)9-17(3)29-25/h4-10,18-19H,11-14H2,1-3H3. The zero-order valence-corrected chi connectivity index (χ0v) is 18.5. The van der Waals surface area contributed by atoms with Crippen molar-refractivity contribution >= 4 is 11.9 Å². The number of hydrogen-bond donors (Lipinski definition) is 0. The molecule has 32 heavy (non-hydrogen) atoms. The molecule has 4 heterocycles. The Morgan fingerprint density at radius 3 is 2.28 bits per heavy atom. The molecule has 6 nitrogen and oxygen atoms in total. The number of likely N-dealkylation sites (tertiary alicyclic amines) is 1. The molecular weight excluding hydrogens is 405 g/mol. The van der Waals surface area contributed by atoms with Gasteiger partial charge in [-0.1, -0.05) is 18.2 Å². The van der Waals surface area contributed by atoms with Crippen LogP contribution in [0, 0.1) is 38.4 Å². The lowest BCUT2D eigenvalue weighted by molar-refractivity contribution is 0.0778. The van der Waals surface area contributed by atoms with Crippen LogP contribution in [0.2, 0.25) is 0 Å². The summed E-state index contributed by atoms with van der Waals surface area (Å²) in [5.41, 5.74) is 4.19. The zero-order valence-electron chi connectivity index (χ0n) is 18.5. The molecule has 2 aromatic heterocycles. The van der Waals surface area contributed by atoms with E-state index in [2.05, 4.69) is 19.9 Å². The van der Waals surface area contributed by atoms with E-state index in [0.29, 0.717) is 36.2 Å². The van der Waals surface area contributed by atoms with Crippen molar-refractivity contribution in [3.05, 3.63) is 70.9 Å².